The predicted molar refractivity (Wildman–Crippen MR) is 57.2 cm³/mol. The molecular weight excluding hydrogens is 216 g/mol. The van der Waals surface area contributed by atoms with Gasteiger partial charge in [0.15, 0.2) is 0 Å². The highest BCUT2D eigenvalue weighted by Crippen LogP contribution is 2.13. The van der Waals surface area contributed by atoms with E-state index in [1.165, 1.54) is 19.4 Å². The number of nitrogen functional groups attached to an aromatic ring is 1. The average molecular weight is 225 g/mol. The van der Waals surface area contributed by atoms with Crippen molar-refractivity contribution in [3.8, 4) is 11.8 Å². The highest BCUT2D eigenvalue weighted by atomic mass is 35.5. The number of aromatic nitrogens is 1. The molecule has 0 aliphatic rings. The molecule has 0 spiro atoms. The van der Waals surface area contributed by atoms with Crippen molar-refractivity contribution in [2.24, 2.45) is 0 Å². The number of esters is 1. The third-order valence-electron chi connectivity index (χ3n) is 1.59. The van der Waals surface area contributed by atoms with Crippen LogP contribution in [0, 0.1) is 11.8 Å². The van der Waals surface area contributed by atoms with Gasteiger partial charge in [0, 0.05) is 6.20 Å². The number of rotatable bonds is 1. The molecule has 0 unspecified atom stereocenters. The number of halogens is 1. The van der Waals surface area contributed by atoms with Crippen LogP contribution < -0.4 is 5.73 Å². The lowest BCUT2D eigenvalue weighted by Gasteiger charge is -1.96. The molecule has 1 rings (SSSR count). The molecule has 0 amide bonds. The minimum atomic E-state index is -0.386. The van der Waals surface area contributed by atoms with Gasteiger partial charge < -0.3 is 10.5 Å². The molecule has 0 saturated heterocycles. The third-order valence-corrected chi connectivity index (χ3v) is 1.79. The molecule has 2 N–H and O–H groups in total. The molecule has 0 aromatic carbocycles. The van der Waals surface area contributed by atoms with Crippen LogP contribution in [-0.2, 0) is 9.53 Å². The molecule has 4 nitrogen and oxygen atoms in total. The van der Waals surface area contributed by atoms with Crippen LogP contribution in [0.25, 0.3) is 0 Å². The first-order valence-corrected chi connectivity index (χ1v) is 4.48. The van der Waals surface area contributed by atoms with Gasteiger partial charge in [0.2, 0.25) is 0 Å². The van der Waals surface area contributed by atoms with E-state index in [9.17, 15) is 4.79 Å². The van der Waals surface area contributed by atoms with E-state index in [1.807, 2.05) is 0 Å². The van der Waals surface area contributed by atoms with Gasteiger partial charge in [-0.25, -0.2) is 4.98 Å². The Morgan fingerprint density at radius 2 is 2.47 bits per heavy atom. The number of nitrogens with two attached hydrogens (primary N) is 1. The maximum atomic E-state index is 10.7. The van der Waals surface area contributed by atoms with Gasteiger partial charge >= 0.3 is 5.97 Å². The molecular formula is C10H9ClN2O2. The Morgan fingerprint density at radius 1 is 1.73 bits per heavy atom. The standard InChI is InChI=1S/C10H9ClN2O2/c1-15-10(14)4-2-3-7-6-13-9(11)5-8(7)12/h5-6H,4H2,1H3,(H2,12,13). The summed E-state index contributed by atoms with van der Waals surface area (Å²) in [6, 6.07) is 1.50. The molecule has 0 radical (unpaired) electrons. The fraction of sp³-hybridized carbons (Fsp3) is 0.200. The Labute approximate surface area is 92.4 Å². The maximum Gasteiger partial charge on any atom is 0.317 e. The van der Waals surface area contributed by atoms with Crippen LogP contribution in [0.4, 0.5) is 5.69 Å². The summed E-state index contributed by atoms with van der Waals surface area (Å²) >= 11 is 5.61. The molecule has 0 aliphatic carbocycles. The van der Waals surface area contributed by atoms with Crippen molar-refractivity contribution < 1.29 is 9.53 Å². The lowest BCUT2D eigenvalue weighted by molar-refractivity contribution is -0.139. The molecule has 0 saturated carbocycles. The molecule has 1 aromatic rings. The molecule has 1 heterocycles. The van der Waals surface area contributed by atoms with Gasteiger partial charge in [0.25, 0.3) is 0 Å². The average Bonchev–Trinajstić information content (AvgIpc) is 2.21. The second-order valence-electron chi connectivity index (χ2n) is 2.65. The summed E-state index contributed by atoms with van der Waals surface area (Å²) in [6.07, 6.45) is 1.49. The monoisotopic (exact) mass is 224 g/mol. The first-order valence-electron chi connectivity index (χ1n) is 4.10. The third kappa shape index (κ3) is 3.49. The Morgan fingerprint density at radius 3 is 3.07 bits per heavy atom. The number of methoxy groups -OCH3 is 1. The zero-order chi connectivity index (χ0) is 11.3. The van der Waals surface area contributed by atoms with Gasteiger partial charge in [-0.05, 0) is 6.07 Å². The van der Waals surface area contributed by atoms with Crippen LogP contribution in [0.3, 0.4) is 0 Å². The van der Waals surface area contributed by atoms with Gasteiger partial charge in [-0.2, -0.15) is 0 Å². The zero-order valence-electron chi connectivity index (χ0n) is 8.08. The second-order valence-corrected chi connectivity index (χ2v) is 3.04. The van der Waals surface area contributed by atoms with E-state index in [1.54, 1.807) is 0 Å². The smallest absolute Gasteiger partial charge is 0.317 e. The summed E-state index contributed by atoms with van der Waals surface area (Å²) in [5, 5.41) is 0.311. The van der Waals surface area contributed by atoms with Crippen LogP contribution in [0.2, 0.25) is 5.15 Å². The van der Waals surface area contributed by atoms with Crippen LogP contribution >= 0.6 is 11.6 Å². The van der Waals surface area contributed by atoms with Gasteiger partial charge in [-0.1, -0.05) is 23.4 Å². The number of hydrogen-bond donors (Lipinski definition) is 1. The van der Waals surface area contributed by atoms with E-state index < -0.39 is 0 Å². The lowest BCUT2D eigenvalue weighted by atomic mass is 10.2. The Kier molecular flexibility index (Phi) is 3.95. The normalized spacial score (nSPS) is 8.93. The number of pyridine rings is 1. The van der Waals surface area contributed by atoms with Crippen LogP contribution in [0.5, 0.6) is 0 Å². The molecule has 78 valence electrons. The highest BCUT2D eigenvalue weighted by Gasteiger charge is 1.98. The van der Waals surface area contributed by atoms with E-state index in [4.69, 9.17) is 17.3 Å². The molecule has 1 aromatic heterocycles. The summed E-state index contributed by atoms with van der Waals surface area (Å²) in [5.74, 6) is 4.95. The first-order chi connectivity index (χ1) is 7.13. The van der Waals surface area contributed by atoms with Crippen molar-refractivity contribution >= 4 is 23.3 Å². The van der Waals surface area contributed by atoms with Crippen LogP contribution in [0.1, 0.15) is 12.0 Å². The van der Waals surface area contributed by atoms with Gasteiger partial charge in [0.1, 0.15) is 11.6 Å². The molecule has 0 atom stereocenters. The zero-order valence-corrected chi connectivity index (χ0v) is 8.84. The predicted octanol–water partition coefficient (Wildman–Crippen LogP) is 1.23. The topological polar surface area (TPSA) is 65.2 Å². The van der Waals surface area contributed by atoms with Crippen LogP contribution in [0.15, 0.2) is 12.3 Å². The number of ether oxygens (including phenoxy) is 1. The lowest BCUT2D eigenvalue weighted by Crippen LogP contribution is -1.97. The summed E-state index contributed by atoms with van der Waals surface area (Å²) < 4.78 is 4.43. The Bertz CT molecular complexity index is 435. The van der Waals surface area contributed by atoms with Crippen molar-refractivity contribution in [1.29, 1.82) is 0 Å². The maximum absolute atomic E-state index is 10.7. The van der Waals surface area contributed by atoms with E-state index in [0.29, 0.717) is 16.4 Å². The van der Waals surface area contributed by atoms with Gasteiger partial charge in [0.05, 0.1) is 18.4 Å². The number of nitrogens with zero attached hydrogens (tertiary/aromatic N) is 1. The van der Waals surface area contributed by atoms with E-state index >= 15 is 0 Å². The number of carbonyl (C=O) groups excluding carboxylic acids is 1. The Hall–Kier alpha value is -1.73. The second kappa shape index (κ2) is 5.23. The molecule has 15 heavy (non-hydrogen) atoms. The quantitative estimate of drug-likeness (QED) is 0.443. The fourth-order valence-corrected chi connectivity index (χ4v) is 0.999. The van der Waals surface area contributed by atoms with Crippen molar-refractivity contribution in [2.75, 3.05) is 12.8 Å². The summed E-state index contributed by atoms with van der Waals surface area (Å²) in [6.45, 7) is 0. The number of hydrogen-bond acceptors (Lipinski definition) is 4. The molecule has 0 aliphatic heterocycles. The van der Waals surface area contributed by atoms with Gasteiger partial charge in [-0.15, -0.1) is 0 Å². The largest absolute Gasteiger partial charge is 0.468 e. The summed E-state index contributed by atoms with van der Waals surface area (Å²) in [4.78, 5) is 14.6. The van der Waals surface area contributed by atoms with Crippen molar-refractivity contribution in [3.63, 3.8) is 0 Å². The number of anilines is 1. The SMILES string of the molecule is COC(=O)CC#Cc1cnc(Cl)cc1N. The van der Waals surface area contributed by atoms with Crippen molar-refractivity contribution in [1.82, 2.24) is 4.98 Å². The first kappa shape index (κ1) is 11.3. The van der Waals surface area contributed by atoms with Crippen molar-refractivity contribution in [3.05, 3.63) is 23.0 Å². The number of carbonyl (C=O) groups is 1. The minimum Gasteiger partial charge on any atom is -0.468 e. The van der Waals surface area contributed by atoms with E-state index in [-0.39, 0.29) is 12.4 Å². The summed E-state index contributed by atoms with van der Waals surface area (Å²) in [7, 11) is 1.31. The van der Waals surface area contributed by atoms with Crippen LogP contribution in [-0.4, -0.2) is 18.1 Å². The molecule has 0 bridgehead atoms. The molecule has 0 fully saturated rings. The summed E-state index contributed by atoms with van der Waals surface area (Å²) in [5.41, 5.74) is 6.61. The fourth-order valence-electron chi connectivity index (χ4n) is 0.832. The molecule has 5 heteroatoms. The van der Waals surface area contributed by atoms with E-state index in [0.717, 1.165) is 0 Å². The Balaban J connectivity index is 2.76. The van der Waals surface area contributed by atoms with Gasteiger partial charge in [-0.3, -0.25) is 4.79 Å². The highest BCUT2D eigenvalue weighted by molar-refractivity contribution is 6.29. The minimum absolute atomic E-state index is 0.0264. The van der Waals surface area contributed by atoms with E-state index in [2.05, 4.69) is 21.6 Å². The van der Waals surface area contributed by atoms with Crippen molar-refractivity contribution in [2.45, 2.75) is 6.42 Å².